The van der Waals surface area contributed by atoms with Crippen LogP contribution in [0.15, 0.2) is 47.1 Å². The topological polar surface area (TPSA) is 74.5 Å². The lowest BCUT2D eigenvalue weighted by atomic mass is 10.1. The molecule has 1 aromatic carbocycles. The van der Waals surface area contributed by atoms with Gasteiger partial charge in [-0.25, -0.2) is 4.79 Å². The van der Waals surface area contributed by atoms with Gasteiger partial charge in [-0.3, -0.25) is 0 Å². The molecule has 0 saturated heterocycles. The highest BCUT2D eigenvalue weighted by atomic mass is 16.4. The number of carbonyl (C=O) groups excluding carboxylic acids is 1. The zero-order valence-electron chi connectivity index (χ0n) is 12.9. The molecule has 2 amide bonds. The van der Waals surface area contributed by atoms with Gasteiger partial charge in [0, 0.05) is 19.0 Å². The van der Waals surface area contributed by atoms with E-state index in [4.69, 9.17) is 4.42 Å². The van der Waals surface area contributed by atoms with Gasteiger partial charge in [0.2, 0.25) is 0 Å². The van der Waals surface area contributed by atoms with Crippen LogP contribution in [0.2, 0.25) is 0 Å². The quantitative estimate of drug-likeness (QED) is 0.768. The lowest BCUT2D eigenvalue weighted by Crippen LogP contribution is -2.41. The number of aliphatic hydroxyl groups excluding tert-OH is 1. The Labute approximate surface area is 130 Å². The fraction of sp³-hybridized carbons (Fsp3) is 0.353. The number of furan rings is 1. The minimum absolute atomic E-state index is 0.168. The van der Waals surface area contributed by atoms with E-state index in [9.17, 15) is 9.90 Å². The van der Waals surface area contributed by atoms with E-state index >= 15 is 0 Å². The summed E-state index contributed by atoms with van der Waals surface area (Å²) in [6, 6.07) is 11.0. The molecule has 0 radical (unpaired) electrons. The van der Waals surface area contributed by atoms with Gasteiger partial charge in [0.05, 0.1) is 6.26 Å². The zero-order chi connectivity index (χ0) is 15.9. The van der Waals surface area contributed by atoms with Crippen LogP contribution in [0.25, 0.3) is 0 Å². The number of aliphatic hydroxyl groups is 1. The molecular formula is C17H22N2O3. The van der Waals surface area contributed by atoms with Crippen molar-refractivity contribution in [2.45, 2.75) is 39.0 Å². The minimum Gasteiger partial charge on any atom is -0.467 e. The first-order chi connectivity index (χ1) is 10.5. The van der Waals surface area contributed by atoms with E-state index in [2.05, 4.69) is 10.6 Å². The van der Waals surface area contributed by atoms with Crippen LogP contribution < -0.4 is 10.6 Å². The van der Waals surface area contributed by atoms with Gasteiger partial charge in [-0.2, -0.15) is 0 Å². The van der Waals surface area contributed by atoms with Crippen LogP contribution in [0.3, 0.4) is 0 Å². The zero-order valence-corrected chi connectivity index (χ0v) is 12.9. The highest BCUT2D eigenvalue weighted by molar-refractivity contribution is 5.74. The second kappa shape index (κ2) is 7.66. The number of carbonyl (C=O) groups is 1. The lowest BCUT2D eigenvalue weighted by molar-refractivity contribution is 0.129. The van der Waals surface area contributed by atoms with Crippen molar-refractivity contribution >= 4 is 6.03 Å². The van der Waals surface area contributed by atoms with E-state index in [0.29, 0.717) is 18.7 Å². The molecule has 3 N–H and O–H groups in total. The monoisotopic (exact) mass is 302 g/mol. The molecule has 1 heterocycles. The fourth-order valence-electron chi connectivity index (χ4n) is 2.15. The largest absolute Gasteiger partial charge is 0.467 e. The van der Waals surface area contributed by atoms with Crippen molar-refractivity contribution in [3.05, 3.63) is 59.5 Å². The molecule has 5 nitrogen and oxygen atoms in total. The predicted octanol–water partition coefficient (Wildman–Crippen LogP) is 2.90. The van der Waals surface area contributed by atoms with Crippen LogP contribution in [-0.2, 0) is 6.54 Å². The number of rotatable bonds is 6. The second-order valence-corrected chi connectivity index (χ2v) is 5.48. The molecule has 0 fully saturated rings. The summed E-state index contributed by atoms with van der Waals surface area (Å²) >= 11 is 0. The molecule has 0 aliphatic carbocycles. The molecule has 2 unspecified atom stereocenters. The average Bonchev–Trinajstić information content (AvgIpc) is 3.01. The Kier molecular flexibility index (Phi) is 5.61. The average molecular weight is 302 g/mol. The molecule has 0 aliphatic heterocycles. The van der Waals surface area contributed by atoms with Crippen LogP contribution in [0.1, 0.15) is 36.3 Å². The Balaban J connectivity index is 1.73. The van der Waals surface area contributed by atoms with E-state index in [1.54, 1.807) is 12.1 Å². The van der Waals surface area contributed by atoms with Gasteiger partial charge in [-0.1, -0.05) is 29.8 Å². The van der Waals surface area contributed by atoms with Crippen LogP contribution in [0, 0.1) is 6.92 Å². The first kappa shape index (κ1) is 16.1. The Hall–Kier alpha value is -2.27. The number of nitrogens with one attached hydrogen (secondary N) is 2. The Morgan fingerprint density at radius 1 is 1.27 bits per heavy atom. The Morgan fingerprint density at radius 2 is 2.00 bits per heavy atom. The van der Waals surface area contributed by atoms with E-state index in [-0.39, 0.29) is 12.1 Å². The Morgan fingerprint density at radius 3 is 2.64 bits per heavy atom. The number of amides is 2. The molecule has 2 aromatic rings. The summed E-state index contributed by atoms with van der Waals surface area (Å²) in [4.78, 5) is 11.8. The standard InChI is InChI=1S/C17H22N2O3/c1-12-5-7-14(8-6-12)11-18-17(21)19-13(2)10-15(20)16-4-3-9-22-16/h3-9,13,15,20H,10-11H2,1-2H3,(H2,18,19,21). The van der Waals surface area contributed by atoms with Gasteiger partial charge in [-0.15, -0.1) is 0 Å². The summed E-state index contributed by atoms with van der Waals surface area (Å²) in [6.45, 7) is 4.34. The van der Waals surface area contributed by atoms with Crippen LogP contribution in [0.4, 0.5) is 4.79 Å². The van der Waals surface area contributed by atoms with Crippen LogP contribution >= 0.6 is 0 Å². The molecule has 0 spiro atoms. The van der Waals surface area contributed by atoms with Crippen LogP contribution in [-0.4, -0.2) is 17.2 Å². The summed E-state index contributed by atoms with van der Waals surface area (Å²) in [7, 11) is 0. The van der Waals surface area contributed by atoms with Gasteiger partial charge >= 0.3 is 6.03 Å². The molecular weight excluding hydrogens is 280 g/mol. The van der Waals surface area contributed by atoms with Crippen molar-refractivity contribution < 1.29 is 14.3 Å². The number of hydrogen-bond acceptors (Lipinski definition) is 3. The van der Waals surface area contributed by atoms with Crippen molar-refractivity contribution in [3.63, 3.8) is 0 Å². The van der Waals surface area contributed by atoms with E-state index in [1.165, 1.54) is 11.8 Å². The molecule has 118 valence electrons. The summed E-state index contributed by atoms with van der Waals surface area (Å²) in [5.74, 6) is 0.508. The third kappa shape index (κ3) is 4.93. The highest BCUT2D eigenvalue weighted by Gasteiger charge is 2.16. The minimum atomic E-state index is -0.720. The second-order valence-electron chi connectivity index (χ2n) is 5.48. The van der Waals surface area contributed by atoms with Crippen molar-refractivity contribution in [3.8, 4) is 0 Å². The van der Waals surface area contributed by atoms with Crippen LogP contribution in [0.5, 0.6) is 0 Å². The van der Waals surface area contributed by atoms with E-state index in [0.717, 1.165) is 5.56 Å². The van der Waals surface area contributed by atoms with Crippen molar-refractivity contribution in [2.75, 3.05) is 0 Å². The van der Waals surface area contributed by atoms with E-state index in [1.807, 2.05) is 38.1 Å². The fourth-order valence-corrected chi connectivity index (χ4v) is 2.15. The van der Waals surface area contributed by atoms with Crippen molar-refractivity contribution in [1.82, 2.24) is 10.6 Å². The third-order valence-corrected chi connectivity index (χ3v) is 3.40. The highest BCUT2D eigenvalue weighted by Crippen LogP contribution is 2.18. The number of hydrogen-bond donors (Lipinski definition) is 3. The maximum Gasteiger partial charge on any atom is 0.315 e. The van der Waals surface area contributed by atoms with Gasteiger partial charge in [0.25, 0.3) is 0 Å². The van der Waals surface area contributed by atoms with Crippen molar-refractivity contribution in [2.24, 2.45) is 0 Å². The van der Waals surface area contributed by atoms with Crippen molar-refractivity contribution in [1.29, 1.82) is 0 Å². The van der Waals surface area contributed by atoms with E-state index < -0.39 is 6.10 Å². The Bertz CT molecular complexity index is 578. The van der Waals surface area contributed by atoms with Gasteiger partial charge < -0.3 is 20.2 Å². The molecule has 1 aromatic heterocycles. The molecule has 2 rings (SSSR count). The first-order valence-corrected chi connectivity index (χ1v) is 7.36. The number of benzene rings is 1. The summed E-state index contributed by atoms with van der Waals surface area (Å²) < 4.78 is 5.14. The number of urea groups is 1. The molecule has 2 atom stereocenters. The number of aryl methyl sites for hydroxylation is 1. The van der Waals surface area contributed by atoms with Gasteiger partial charge in [0.15, 0.2) is 0 Å². The molecule has 0 bridgehead atoms. The summed E-state index contributed by atoms with van der Waals surface area (Å²) in [5, 5.41) is 15.6. The molecule has 5 heteroatoms. The maximum absolute atomic E-state index is 11.8. The lowest BCUT2D eigenvalue weighted by Gasteiger charge is -2.17. The maximum atomic E-state index is 11.8. The normalized spacial score (nSPS) is 13.4. The third-order valence-electron chi connectivity index (χ3n) is 3.40. The summed E-state index contributed by atoms with van der Waals surface area (Å²) in [6.07, 6.45) is 1.19. The predicted molar refractivity (Wildman–Crippen MR) is 84.3 cm³/mol. The smallest absolute Gasteiger partial charge is 0.315 e. The van der Waals surface area contributed by atoms with Gasteiger partial charge in [-0.05, 0) is 31.5 Å². The SMILES string of the molecule is Cc1ccc(CNC(=O)NC(C)CC(O)c2ccco2)cc1. The molecule has 22 heavy (non-hydrogen) atoms. The van der Waals surface area contributed by atoms with Gasteiger partial charge in [0.1, 0.15) is 11.9 Å². The summed E-state index contributed by atoms with van der Waals surface area (Å²) in [5.41, 5.74) is 2.23. The molecule has 0 aliphatic rings. The first-order valence-electron chi connectivity index (χ1n) is 7.36. The molecule has 0 saturated carbocycles.